The third-order valence-corrected chi connectivity index (χ3v) is 2.04. The highest BCUT2D eigenvalue weighted by Gasteiger charge is 1.96. The van der Waals surface area contributed by atoms with Gasteiger partial charge in [-0.25, -0.2) is 4.98 Å². The van der Waals surface area contributed by atoms with Crippen molar-refractivity contribution in [3.05, 3.63) is 46.1 Å². The average Bonchev–Trinajstić information content (AvgIpc) is 2.17. The first-order valence-electron chi connectivity index (χ1n) is 3.90. The first kappa shape index (κ1) is 8.81. The fourth-order valence-corrected chi connectivity index (χ4v) is 1.38. The number of azide groups is 1. The Hall–Kier alpha value is -1.77. The van der Waals surface area contributed by atoms with E-state index in [4.69, 9.17) is 17.1 Å². The molecule has 0 radical (unpaired) electrons. The lowest BCUT2D eigenvalue weighted by molar-refractivity contribution is 1.36. The van der Waals surface area contributed by atoms with Crippen molar-refractivity contribution >= 4 is 28.1 Å². The second-order valence-electron chi connectivity index (χ2n) is 2.73. The second-order valence-corrected chi connectivity index (χ2v) is 3.12. The molecule has 1 heterocycles. The van der Waals surface area contributed by atoms with Crippen LogP contribution in [0.5, 0.6) is 0 Å². The molecule has 2 aromatic rings. The van der Waals surface area contributed by atoms with Gasteiger partial charge in [0.05, 0.1) is 0 Å². The van der Waals surface area contributed by atoms with Crippen LogP contribution in [-0.2, 0) is 0 Å². The standard InChI is InChI=1S/C9H5ClN4/c10-9-4-7-3-8(13-14-11)2-1-6(7)5-12-9/h1-5H. The molecule has 1 aromatic carbocycles. The van der Waals surface area contributed by atoms with Gasteiger partial charge in [0.25, 0.3) is 0 Å². The number of hydrogen-bond acceptors (Lipinski definition) is 2. The van der Waals surface area contributed by atoms with Crippen LogP contribution in [-0.4, -0.2) is 4.98 Å². The molecule has 0 aliphatic rings. The molecule has 68 valence electrons. The lowest BCUT2D eigenvalue weighted by Gasteiger charge is -1.98. The fraction of sp³-hybridized carbons (Fsp3) is 0. The molecule has 5 heteroatoms. The van der Waals surface area contributed by atoms with Gasteiger partial charge in [-0.3, -0.25) is 0 Å². The Bertz CT molecular complexity index is 531. The van der Waals surface area contributed by atoms with Crippen LogP contribution < -0.4 is 0 Å². The van der Waals surface area contributed by atoms with E-state index in [1.54, 1.807) is 24.4 Å². The van der Waals surface area contributed by atoms with E-state index < -0.39 is 0 Å². The minimum absolute atomic E-state index is 0.426. The van der Waals surface area contributed by atoms with E-state index in [2.05, 4.69) is 15.0 Å². The number of nitrogens with zero attached hydrogens (tertiary/aromatic N) is 4. The minimum Gasteiger partial charge on any atom is -0.244 e. The summed E-state index contributed by atoms with van der Waals surface area (Å²) in [7, 11) is 0. The molecule has 14 heavy (non-hydrogen) atoms. The molecule has 0 bridgehead atoms. The van der Waals surface area contributed by atoms with Gasteiger partial charge in [0, 0.05) is 22.2 Å². The van der Waals surface area contributed by atoms with Crippen LogP contribution in [0.4, 0.5) is 5.69 Å². The number of hydrogen-bond donors (Lipinski definition) is 0. The van der Waals surface area contributed by atoms with Gasteiger partial charge in [-0.1, -0.05) is 28.8 Å². The van der Waals surface area contributed by atoms with Crippen molar-refractivity contribution in [3.8, 4) is 0 Å². The number of fused-ring (bicyclic) bond motifs is 1. The maximum absolute atomic E-state index is 8.27. The van der Waals surface area contributed by atoms with Gasteiger partial charge in [0.2, 0.25) is 0 Å². The SMILES string of the molecule is [N-]=[N+]=Nc1ccc2cnc(Cl)cc2c1. The van der Waals surface area contributed by atoms with Gasteiger partial charge in [0.1, 0.15) is 5.15 Å². The zero-order valence-electron chi connectivity index (χ0n) is 7.05. The van der Waals surface area contributed by atoms with E-state index >= 15 is 0 Å². The summed E-state index contributed by atoms with van der Waals surface area (Å²) in [5.74, 6) is 0. The largest absolute Gasteiger partial charge is 0.244 e. The highest BCUT2D eigenvalue weighted by atomic mass is 35.5. The molecule has 0 amide bonds. The molecule has 0 unspecified atom stereocenters. The minimum atomic E-state index is 0.426. The monoisotopic (exact) mass is 204 g/mol. The summed E-state index contributed by atoms with van der Waals surface area (Å²) in [6, 6.07) is 7.07. The van der Waals surface area contributed by atoms with Crippen LogP contribution in [0, 0.1) is 0 Å². The molecule has 0 N–H and O–H groups in total. The van der Waals surface area contributed by atoms with Gasteiger partial charge >= 0.3 is 0 Å². The van der Waals surface area contributed by atoms with E-state index in [0.717, 1.165) is 10.8 Å². The molecular weight excluding hydrogens is 200 g/mol. The normalized spacial score (nSPS) is 9.79. The van der Waals surface area contributed by atoms with Crippen molar-refractivity contribution in [2.75, 3.05) is 0 Å². The third-order valence-electron chi connectivity index (χ3n) is 1.83. The quantitative estimate of drug-likeness (QED) is 0.301. The number of pyridine rings is 1. The van der Waals surface area contributed by atoms with Crippen LogP contribution in [0.15, 0.2) is 35.6 Å². The summed E-state index contributed by atoms with van der Waals surface area (Å²) < 4.78 is 0. The first-order valence-corrected chi connectivity index (χ1v) is 4.28. The van der Waals surface area contributed by atoms with E-state index in [9.17, 15) is 0 Å². The number of benzene rings is 1. The summed E-state index contributed by atoms with van der Waals surface area (Å²) in [4.78, 5) is 6.66. The van der Waals surface area contributed by atoms with E-state index in [-0.39, 0.29) is 0 Å². The molecule has 4 nitrogen and oxygen atoms in total. The highest BCUT2D eigenvalue weighted by Crippen LogP contribution is 2.22. The van der Waals surface area contributed by atoms with Crippen molar-refractivity contribution < 1.29 is 0 Å². The molecule has 0 saturated heterocycles. The third kappa shape index (κ3) is 1.62. The molecule has 2 rings (SSSR count). The summed E-state index contributed by atoms with van der Waals surface area (Å²) in [6.45, 7) is 0. The summed E-state index contributed by atoms with van der Waals surface area (Å²) >= 11 is 5.73. The predicted molar refractivity (Wildman–Crippen MR) is 55.6 cm³/mol. The van der Waals surface area contributed by atoms with Crippen molar-refractivity contribution in [1.29, 1.82) is 0 Å². The van der Waals surface area contributed by atoms with E-state index in [1.165, 1.54) is 0 Å². The van der Waals surface area contributed by atoms with Gasteiger partial charge in [0.15, 0.2) is 0 Å². The Morgan fingerprint density at radius 1 is 1.29 bits per heavy atom. The smallest absolute Gasteiger partial charge is 0.129 e. The molecule has 0 aliphatic heterocycles. The zero-order valence-corrected chi connectivity index (χ0v) is 7.81. The molecule has 0 saturated carbocycles. The molecule has 0 atom stereocenters. The molecule has 0 aliphatic carbocycles. The van der Waals surface area contributed by atoms with Gasteiger partial charge < -0.3 is 0 Å². The summed E-state index contributed by atoms with van der Waals surface area (Å²) in [5, 5.41) is 5.81. The van der Waals surface area contributed by atoms with E-state index in [0.29, 0.717) is 10.8 Å². The van der Waals surface area contributed by atoms with Crippen LogP contribution in [0.3, 0.4) is 0 Å². The fourth-order valence-electron chi connectivity index (χ4n) is 1.22. The Labute approximate surface area is 84.8 Å². The van der Waals surface area contributed by atoms with Crippen molar-refractivity contribution in [2.24, 2.45) is 5.11 Å². The van der Waals surface area contributed by atoms with Gasteiger partial charge in [-0.15, -0.1) is 0 Å². The van der Waals surface area contributed by atoms with Gasteiger partial charge in [-0.2, -0.15) is 0 Å². The lowest BCUT2D eigenvalue weighted by atomic mass is 10.1. The topological polar surface area (TPSA) is 61.7 Å². The van der Waals surface area contributed by atoms with Crippen molar-refractivity contribution in [3.63, 3.8) is 0 Å². The Kier molecular flexibility index (Phi) is 2.23. The second kappa shape index (κ2) is 3.54. The van der Waals surface area contributed by atoms with Gasteiger partial charge in [-0.05, 0) is 23.1 Å². The van der Waals surface area contributed by atoms with Crippen molar-refractivity contribution in [1.82, 2.24) is 4.98 Å². The number of rotatable bonds is 1. The Balaban J connectivity index is 2.69. The van der Waals surface area contributed by atoms with Crippen LogP contribution in [0.2, 0.25) is 5.15 Å². The summed E-state index contributed by atoms with van der Waals surface area (Å²) in [6.07, 6.45) is 1.68. The average molecular weight is 205 g/mol. The van der Waals surface area contributed by atoms with Crippen molar-refractivity contribution in [2.45, 2.75) is 0 Å². The molecule has 1 aromatic heterocycles. The van der Waals surface area contributed by atoms with Crippen LogP contribution in [0.1, 0.15) is 0 Å². The Morgan fingerprint density at radius 2 is 2.14 bits per heavy atom. The maximum atomic E-state index is 8.27. The zero-order chi connectivity index (χ0) is 9.97. The highest BCUT2D eigenvalue weighted by molar-refractivity contribution is 6.30. The predicted octanol–water partition coefficient (Wildman–Crippen LogP) is 3.83. The first-order chi connectivity index (χ1) is 6.79. The number of halogens is 1. The van der Waals surface area contributed by atoms with E-state index in [1.807, 2.05) is 6.07 Å². The summed E-state index contributed by atoms with van der Waals surface area (Å²) in [5.41, 5.74) is 8.84. The number of aromatic nitrogens is 1. The molecule has 0 fully saturated rings. The lowest BCUT2D eigenvalue weighted by Crippen LogP contribution is -1.76. The molecule has 0 spiro atoms. The molecular formula is C9H5ClN4. The van der Waals surface area contributed by atoms with Crippen LogP contribution in [0.25, 0.3) is 21.2 Å². The maximum Gasteiger partial charge on any atom is 0.129 e. The van der Waals surface area contributed by atoms with Crippen LogP contribution >= 0.6 is 11.6 Å². The Morgan fingerprint density at radius 3 is 2.93 bits per heavy atom.